The normalized spacial score (nSPS) is 10.8. The molecule has 6 heteroatoms. The number of anilines is 1. The first-order valence-corrected chi connectivity index (χ1v) is 7.21. The van der Waals surface area contributed by atoms with Gasteiger partial charge in [0.15, 0.2) is 0 Å². The number of rotatable bonds is 5. The van der Waals surface area contributed by atoms with Crippen molar-refractivity contribution in [3.8, 4) is 0 Å². The van der Waals surface area contributed by atoms with Gasteiger partial charge in [0.25, 0.3) is 0 Å². The molecule has 0 saturated heterocycles. The molecule has 0 spiro atoms. The third-order valence-corrected chi connectivity index (χ3v) is 3.29. The zero-order valence-electron chi connectivity index (χ0n) is 12.8. The molecule has 2 aromatic rings. The fourth-order valence-corrected chi connectivity index (χ4v) is 2.01. The van der Waals surface area contributed by atoms with Gasteiger partial charge in [-0.2, -0.15) is 0 Å². The van der Waals surface area contributed by atoms with Crippen molar-refractivity contribution in [3.05, 3.63) is 64.7 Å². The molecule has 0 atom stereocenters. The van der Waals surface area contributed by atoms with Crippen LogP contribution in [-0.4, -0.2) is 17.0 Å². The van der Waals surface area contributed by atoms with Crippen molar-refractivity contribution in [1.29, 1.82) is 0 Å². The summed E-state index contributed by atoms with van der Waals surface area (Å²) < 4.78 is 26.4. The molecule has 0 unspecified atom stereocenters. The minimum absolute atomic E-state index is 0.0708. The summed E-state index contributed by atoms with van der Waals surface area (Å²) in [6.07, 6.45) is 3.15. The number of hydrogen-bond donors (Lipinski definition) is 2. The first kappa shape index (κ1) is 17.3. The molecule has 0 aromatic heterocycles. The van der Waals surface area contributed by atoms with Crippen LogP contribution < -0.4 is 5.32 Å². The Labute approximate surface area is 137 Å². The first-order valence-electron chi connectivity index (χ1n) is 7.21. The van der Waals surface area contributed by atoms with Gasteiger partial charge < -0.3 is 10.4 Å². The number of carboxylic acids is 1. The second-order valence-corrected chi connectivity index (χ2v) is 5.01. The number of nitrogens with one attached hydrogen (secondary N) is 1. The molecule has 124 valence electrons. The lowest BCUT2D eigenvalue weighted by Crippen LogP contribution is -2.13. The highest BCUT2D eigenvalue weighted by atomic mass is 19.1. The quantitative estimate of drug-likeness (QED) is 0.808. The lowest BCUT2D eigenvalue weighted by molar-refractivity contribution is -0.115. The Hall–Kier alpha value is -3.02. The minimum atomic E-state index is -1.19. The summed E-state index contributed by atoms with van der Waals surface area (Å²) >= 11 is 0. The maximum Gasteiger partial charge on any atom is 0.337 e. The number of hydrogen-bond acceptors (Lipinski definition) is 2. The summed E-state index contributed by atoms with van der Waals surface area (Å²) in [4.78, 5) is 22.8. The van der Waals surface area contributed by atoms with Crippen molar-refractivity contribution in [2.45, 2.75) is 13.3 Å². The van der Waals surface area contributed by atoms with Crippen LogP contribution in [0.25, 0.3) is 12.2 Å². The lowest BCUT2D eigenvalue weighted by atomic mass is 10.1. The number of benzene rings is 2. The monoisotopic (exact) mass is 331 g/mol. The highest BCUT2D eigenvalue weighted by Crippen LogP contribution is 2.20. The Kier molecular flexibility index (Phi) is 5.42. The van der Waals surface area contributed by atoms with Crippen LogP contribution in [-0.2, 0) is 4.79 Å². The van der Waals surface area contributed by atoms with Crippen LogP contribution in [0.5, 0.6) is 0 Å². The van der Waals surface area contributed by atoms with Crippen molar-refractivity contribution in [1.82, 2.24) is 0 Å². The van der Waals surface area contributed by atoms with Gasteiger partial charge in [-0.3, -0.25) is 4.79 Å². The van der Waals surface area contributed by atoms with Gasteiger partial charge in [0, 0.05) is 18.1 Å². The van der Waals surface area contributed by atoms with Gasteiger partial charge in [0.05, 0.1) is 11.3 Å². The van der Waals surface area contributed by atoms with Crippen molar-refractivity contribution in [2.24, 2.45) is 0 Å². The number of amides is 1. The molecule has 0 saturated carbocycles. The van der Waals surface area contributed by atoms with Crippen molar-refractivity contribution in [3.63, 3.8) is 0 Å². The van der Waals surface area contributed by atoms with Crippen molar-refractivity contribution >= 4 is 29.7 Å². The fourth-order valence-electron chi connectivity index (χ4n) is 2.01. The summed E-state index contributed by atoms with van der Waals surface area (Å²) in [6.45, 7) is 1.66. The molecular formula is C18H15F2NO3. The Morgan fingerprint density at radius 2 is 1.88 bits per heavy atom. The molecule has 0 radical (unpaired) electrons. The lowest BCUT2D eigenvalue weighted by Gasteiger charge is -2.08. The van der Waals surface area contributed by atoms with Crippen LogP contribution in [0.2, 0.25) is 0 Å². The van der Waals surface area contributed by atoms with Gasteiger partial charge in [-0.15, -0.1) is 0 Å². The number of halogens is 2. The third-order valence-electron chi connectivity index (χ3n) is 3.29. The number of aromatic carboxylic acids is 1. The summed E-state index contributed by atoms with van der Waals surface area (Å²) in [5.74, 6) is -2.87. The standard InChI is InChI=1S/C18H15F2NO3/c1-2-17(22)21-16-8-4-11(9-14(16)18(23)24)3-5-12-6-7-13(19)10-15(12)20/h3-10H,2H2,1H3,(H,21,22)(H,23,24)/b5-3+. The van der Waals surface area contributed by atoms with E-state index in [1.807, 2.05) is 0 Å². The van der Waals surface area contributed by atoms with Gasteiger partial charge in [0.1, 0.15) is 11.6 Å². The van der Waals surface area contributed by atoms with E-state index in [1.165, 1.54) is 30.4 Å². The van der Waals surface area contributed by atoms with Gasteiger partial charge in [-0.25, -0.2) is 13.6 Å². The maximum atomic E-state index is 13.6. The third kappa shape index (κ3) is 4.25. The maximum absolute atomic E-state index is 13.6. The SMILES string of the molecule is CCC(=O)Nc1ccc(/C=C/c2ccc(F)cc2F)cc1C(=O)O. The topological polar surface area (TPSA) is 66.4 Å². The fraction of sp³-hybridized carbons (Fsp3) is 0.111. The van der Waals surface area contributed by atoms with E-state index in [0.29, 0.717) is 5.56 Å². The smallest absolute Gasteiger partial charge is 0.337 e. The largest absolute Gasteiger partial charge is 0.478 e. The molecule has 0 aliphatic rings. The zero-order valence-corrected chi connectivity index (χ0v) is 12.8. The van der Waals surface area contributed by atoms with Crippen LogP contribution in [0.15, 0.2) is 36.4 Å². The number of carboxylic acid groups (broad SMARTS) is 1. The van der Waals surface area contributed by atoms with Crippen molar-refractivity contribution < 1.29 is 23.5 Å². The summed E-state index contributed by atoms with van der Waals surface area (Å²) in [5.41, 5.74) is 0.806. The Morgan fingerprint density at radius 3 is 2.50 bits per heavy atom. The van der Waals surface area contributed by atoms with E-state index in [1.54, 1.807) is 13.0 Å². The molecule has 0 heterocycles. The number of carbonyl (C=O) groups excluding carboxylic acids is 1. The van der Waals surface area contributed by atoms with Crippen LogP contribution in [0, 0.1) is 11.6 Å². The van der Waals surface area contributed by atoms with E-state index in [2.05, 4.69) is 5.32 Å². The van der Waals surface area contributed by atoms with Gasteiger partial charge in [-0.1, -0.05) is 25.1 Å². The molecule has 0 bridgehead atoms. The van der Waals surface area contributed by atoms with Crippen LogP contribution >= 0.6 is 0 Å². The number of carbonyl (C=O) groups is 2. The molecule has 0 aliphatic carbocycles. The predicted octanol–water partition coefficient (Wildman–Crippen LogP) is 4.18. The molecule has 2 aromatic carbocycles. The van der Waals surface area contributed by atoms with E-state index >= 15 is 0 Å². The minimum Gasteiger partial charge on any atom is -0.478 e. The van der Waals surface area contributed by atoms with E-state index in [0.717, 1.165) is 12.1 Å². The highest BCUT2D eigenvalue weighted by molar-refractivity contribution is 6.01. The van der Waals surface area contributed by atoms with Crippen molar-refractivity contribution in [2.75, 3.05) is 5.32 Å². The van der Waals surface area contributed by atoms with E-state index in [9.17, 15) is 23.5 Å². The highest BCUT2D eigenvalue weighted by Gasteiger charge is 2.12. The molecule has 4 nitrogen and oxygen atoms in total. The summed E-state index contributed by atoms with van der Waals surface area (Å²) in [6, 6.07) is 7.62. The van der Waals surface area contributed by atoms with E-state index in [4.69, 9.17) is 0 Å². The molecule has 0 fully saturated rings. The molecule has 24 heavy (non-hydrogen) atoms. The summed E-state index contributed by atoms with van der Waals surface area (Å²) in [5, 5.41) is 11.8. The van der Waals surface area contributed by atoms with Gasteiger partial charge in [0.2, 0.25) is 5.91 Å². The van der Waals surface area contributed by atoms with E-state index in [-0.39, 0.29) is 29.1 Å². The molecular weight excluding hydrogens is 316 g/mol. The Morgan fingerprint density at radius 1 is 1.12 bits per heavy atom. The van der Waals surface area contributed by atoms with Crippen LogP contribution in [0.4, 0.5) is 14.5 Å². The first-order chi connectivity index (χ1) is 11.4. The van der Waals surface area contributed by atoms with Gasteiger partial charge >= 0.3 is 5.97 Å². The second kappa shape index (κ2) is 7.50. The average molecular weight is 331 g/mol. The molecule has 0 aliphatic heterocycles. The Bertz CT molecular complexity index is 816. The molecule has 2 rings (SSSR count). The van der Waals surface area contributed by atoms with E-state index < -0.39 is 17.6 Å². The zero-order chi connectivity index (χ0) is 17.7. The second-order valence-electron chi connectivity index (χ2n) is 5.01. The van der Waals surface area contributed by atoms with Gasteiger partial charge in [-0.05, 0) is 29.8 Å². The van der Waals surface area contributed by atoms with Crippen LogP contribution in [0.1, 0.15) is 34.8 Å². The predicted molar refractivity (Wildman–Crippen MR) is 87.6 cm³/mol. The van der Waals surface area contributed by atoms with Crippen LogP contribution in [0.3, 0.4) is 0 Å². The average Bonchev–Trinajstić information content (AvgIpc) is 2.54. The molecule has 1 amide bonds. The summed E-state index contributed by atoms with van der Waals surface area (Å²) in [7, 11) is 0. The molecule has 2 N–H and O–H groups in total. The Balaban J connectivity index is 2.31.